The highest BCUT2D eigenvalue weighted by Gasteiger charge is 2.32. The number of hydrogen-bond donors (Lipinski definition) is 1. The Morgan fingerprint density at radius 3 is 2.55 bits per heavy atom. The van der Waals surface area contributed by atoms with E-state index in [0.29, 0.717) is 5.56 Å². The quantitative estimate of drug-likeness (QED) is 0.738. The van der Waals surface area contributed by atoms with Gasteiger partial charge in [0, 0.05) is 6.16 Å². The topological polar surface area (TPSA) is 55.8 Å². The second kappa shape index (κ2) is 7.68. The average Bonchev–Trinajstić information content (AvgIpc) is 2.43. The van der Waals surface area contributed by atoms with Crippen LogP contribution >= 0.6 is 19.0 Å². The summed E-state index contributed by atoms with van der Waals surface area (Å²) in [4.78, 5) is 9.70. The minimum absolute atomic E-state index is 0.0520. The molecule has 2 unspecified atom stereocenters. The lowest BCUT2D eigenvalue weighted by atomic mass is 10.1. The Kier molecular flexibility index (Phi) is 6.74. The van der Waals surface area contributed by atoms with Crippen LogP contribution < -0.4 is 4.74 Å². The van der Waals surface area contributed by atoms with E-state index >= 15 is 0 Å². The van der Waals surface area contributed by atoms with E-state index in [4.69, 9.17) is 21.1 Å². The van der Waals surface area contributed by atoms with Crippen LogP contribution in [0.3, 0.4) is 0 Å². The van der Waals surface area contributed by atoms with Gasteiger partial charge in [0.15, 0.2) is 0 Å². The van der Waals surface area contributed by atoms with Crippen molar-refractivity contribution in [2.75, 3.05) is 26.0 Å². The molecule has 0 radical (unpaired) electrons. The van der Waals surface area contributed by atoms with Gasteiger partial charge in [-0.15, -0.1) is 0 Å². The Hall–Kier alpha value is -0.750. The summed E-state index contributed by atoms with van der Waals surface area (Å²) < 4.78 is 58.7. The number of alkyl halides is 3. The van der Waals surface area contributed by atoms with Crippen molar-refractivity contribution in [3.63, 3.8) is 0 Å². The van der Waals surface area contributed by atoms with Gasteiger partial charge in [0.2, 0.25) is 7.37 Å². The highest BCUT2D eigenvalue weighted by atomic mass is 35.5. The third kappa shape index (κ3) is 6.16. The molecule has 22 heavy (non-hydrogen) atoms. The van der Waals surface area contributed by atoms with Crippen LogP contribution in [0.1, 0.15) is 18.6 Å². The van der Waals surface area contributed by atoms with E-state index in [1.54, 1.807) is 0 Å². The van der Waals surface area contributed by atoms with E-state index in [1.807, 2.05) is 0 Å². The standard InChI is InChI=1S/C13H17ClF3O4P/c1-3-22(18,19)7-12(21-8-13(15,16)17)9-4-5-10(14)11(6-9)20-2/h4-6,12H,3,7-8H2,1-2H3,(H,18,19). The molecule has 0 aliphatic rings. The molecule has 9 heteroatoms. The first-order valence-corrected chi connectivity index (χ1v) is 8.81. The third-order valence-corrected chi connectivity index (χ3v) is 5.14. The van der Waals surface area contributed by atoms with Crippen molar-refractivity contribution in [1.82, 2.24) is 0 Å². The monoisotopic (exact) mass is 360 g/mol. The minimum Gasteiger partial charge on any atom is -0.495 e. The fraction of sp³-hybridized carbons (Fsp3) is 0.538. The van der Waals surface area contributed by atoms with Gasteiger partial charge in [0.25, 0.3) is 0 Å². The zero-order valence-corrected chi connectivity index (χ0v) is 13.7. The normalized spacial score (nSPS) is 16.1. The molecule has 1 rings (SSSR count). The van der Waals surface area contributed by atoms with Gasteiger partial charge in [-0.05, 0) is 17.7 Å². The van der Waals surface area contributed by atoms with Gasteiger partial charge in [-0.2, -0.15) is 13.2 Å². The molecule has 0 bridgehead atoms. The fourth-order valence-corrected chi connectivity index (χ4v) is 3.00. The van der Waals surface area contributed by atoms with E-state index in [9.17, 15) is 22.6 Å². The molecule has 0 aromatic heterocycles. The molecular weight excluding hydrogens is 344 g/mol. The fourth-order valence-electron chi connectivity index (χ4n) is 1.71. The number of methoxy groups -OCH3 is 1. The van der Waals surface area contributed by atoms with E-state index in [1.165, 1.54) is 32.2 Å². The summed E-state index contributed by atoms with van der Waals surface area (Å²) in [6.45, 7) is -0.0175. The number of halogens is 4. The molecule has 0 amide bonds. The molecule has 126 valence electrons. The van der Waals surface area contributed by atoms with Gasteiger partial charge >= 0.3 is 6.18 Å². The summed E-state index contributed by atoms with van der Waals surface area (Å²) >= 11 is 5.86. The summed E-state index contributed by atoms with van der Waals surface area (Å²) in [7, 11) is -2.22. The van der Waals surface area contributed by atoms with Gasteiger partial charge in [-0.1, -0.05) is 24.6 Å². The van der Waals surface area contributed by atoms with E-state index < -0.39 is 32.4 Å². The maximum Gasteiger partial charge on any atom is 0.411 e. The molecule has 0 heterocycles. The largest absolute Gasteiger partial charge is 0.495 e. The maximum absolute atomic E-state index is 12.4. The van der Waals surface area contributed by atoms with Crippen LogP contribution in [0.4, 0.5) is 13.2 Å². The summed E-state index contributed by atoms with van der Waals surface area (Å²) in [6, 6.07) is 4.29. The first kappa shape index (κ1) is 19.3. The molecule has 0 saturated carbocycles. The Morgan fingerprint density at radius 1 is 1.41 bits per heavy atom. The maximum atomic E-state index is 12.4. The van der Waals surface area contributed by atoms with Crippen LogP contribution in [-0.2, 0) is 9.30 Å². The summed E-state index contributed by atoms with van der Waals surface area (Å²) in [6.07, 6.45) is -6.17. The van der Waals surface area contributed by atoms with E-state index in [2.05, 4.69) is 0 Å². The summed E-state index contributed by atoms with van der Waals surface area (Å²) in [5, 5.41) is 0.281. The number of rotatable bonds is 7. The molecule has 1 aromatic carbocycles. The smallest absolute Gasteiger partial charge is 0.411 e. The molecule has 4 nitrogen and oxygen atoms in total. The van der Waals surface area contributed by atoms with Gasteiger partial charge < -0.3 is 14.4 Å². The van der Waals surface area contributed by atoms with Crippen molar-refractivity contribution in [3.05, 3.63) is 28.8 Å². The lowest BCUT2D eigenvalue weighted by Gasteiger charge is -2.22. The van der Waals surface area contributed by atoms with Crippen molar-refractivity contribution in [2.24, 2.45) is 0 Å². The first-order valence-electron chi connectivity index (χ1n) is 6.40. The van der Waals surface area contributed by atoms with Crippen LogP contribution in [0.5, 0.6) is 5.75 Å². The molecule has 0 fully saturated rings. The molecule has 0 aliphatic heterocycles. The van der Waals surface area contributed by atoms with Gasteiger partial charge in [0.05, 0.1) is 24.4 Å². The van der Waals surface area contributed by atoms with Crippen molar-refractivity contribution < 1.29 is 32.1 Å². The Bertz CT molecular complexity index is 551. The molecule has 2 atom stereocenters. The first-order chi connectivity index (χ1) is 10.1. The van der Waals surface area contributed by atoms with Crippen molar-refractivity contribution in [3.8, 4) is 5.75 Å². The third-order valence-electron chi connectivity index (χ3n) is 2.94. The second-order valence-corrected chi connectivity index (χ2v) is 7.75. The molecule has 0 spiro atoms. The highest BCUT2D eigenvalue weighted by molar-refractivity contribution is 7.57. The SMILES string of the molecule is CCP(=O)(O)CC(OCC(F)(F)F)c1ccc(Cl)c(OC)c1. The Balaban J connectivity index is 3.05. The van der Waals surface area contributed by atoms with Gasteiger partial charge in [-0.25, -0.2) is 0 Å². The molecule has 0 aliphatic carbocycles. The zero-order valence-electron chi connectivity index (χ0n) is 12.1. The van der Waals surface area contributed by atoms with Crippen LogP contribution in [0.25, 0.3) is 0 Å². The number of ether oxygens (including phenoxy) is 2. The van der Waals surface area contributed by atoms with Crippen LogP contribution in [0, 0.1) is 0 Å². The predicted octanol–water partition coefficient (Wildman–Crippen LogP) is 4.26. The zero-order chi connectivity index (χ0) is 17.0. The lowest BCUT2D eigenvalue weighted by Crippen LogP contribution is -2.21. The van der Waals surface area contributed by atoms with Crippen LogP contribution in [-0.4, -0.2) is 37.1 Å². The summed E-state index contributed by atoms with van der Waals surface area (Å²) in [5.41, 5.74) is 0.299. The van der Waals surface area contributed by atoms with Crippen molar-refractivity contribution in [2.45, 2.75) is 19.2 Å². The number of hydrogen-bond acceptors (Lipinski definition) is 3. The Labute approximate surface area is 131 Å². The molecular formula is C13H17ClF3O4P. The highest BCUT2D eigenvalue weighted by Crippen LogP contribution is 2.45. The second-order valence-electron chi connectivity index (χ2n) is 4.65. The van der Waals surface area contributed by atoms with Crippen LogP contribution in [0.15, 0.2) is 18.2 Å². The average molecular weight is 361 g/mol. The number of benzene rings is 1. The van der Waals surface area contributed by atoms with Crippen molar-refractivity contribution >= 4 is 19.0 Å². The predicted molar refractivity (Wildman–Crippen MR) is 78.0 cm³/mol. The molecule has 0 saturated heterocycles. The molecule has 1 N–H and O–H groups in total. The summed E-state index contributed by atoms with van der Waals surface area (Å²) in [5.74, 6) is 0.254. The minimum atomic E-state index is -4.53. The van der Waals surface area contributed by atoms with Gasteiger partial charge in [0.1, 0.15) is 12.4 Å². The van der Waals surface area contributed by atoms with E-state index in [0.717, 1.165) is 0 Å². The van der Waals surface area contributed by atoms with Gasteiger partial charge in [-0.3, -0.25) is 4.57 Å². The lowest BCUT2D eigenvalue weighted by molar-refractivity contribution is -0.184. The van der Waals surface area contributed by atoms with Crippen LogP contribution in [0.2, 0.25) is 5.02 Å². The van der Waals surface area contributed by atoms with E-state index in [-0.39, 0.29) is 16.9 Å². The van der Waals surface area contributed by atoms with Crippen molar-refractivity contribution in [1.29, 1.82) is 0 Å². The Morgan fingerprint density at radius 2 is 2.05 bits per heavy atom. The molecule has 1 aromatic rings.